The van der Waals surface area contributed by atoms with Crippen molar-refractivity contribution in [3.63, 3.8) is 0 Å². The number of aliphatic carboxylic acids is 1. The molecule has 0 aromatic heterocycles. The van der Waals surface area contributed by atoms with E-state index in [0.29, 0.717) is 13.0 Å². The lowest BCUT2D eigenvalue weighted by Gasteiger charge is -2.20. The Bertz CT molecular complexity index is 281. The molecule has 0 heterocycles. The normalized spacial score (nSPS) is 11.7. The van der Waals surface area contributed by atoms with E-state index in [2.05, 4.69) is 11.9 Å². The number of nitrogens with one attached hydrogen (secondary N) is 1. The first-order valence-corrected chi connectivity index (χ1v) is 5.99. The van der Waals surface area contributed by atoms with Crippen LogP contribution in [0.4, 0.5) is 4.79 Å². The Morgan fingerprint density at radius 2 is 2.06 bits per heavy atom. The number of aliphatic hydroxyl groups excluding tert-OH is 1. The molecule has 0 aliphatic carbocycles. The van der Waals surface area contributed by atoms with E-state index in [1.807, 2.05) is 0 Å². The van der Waals surface area contributed by atoms with Crippen molar-refractivity contribution in [3.05, 3.63) is 12.7 Å². The largest absolute Gasteiger partial charge is 0.480 e. The van der Waals surface area contributed by atoms with Crippen LogP contribution in [0.25, 0.3) is 0 Å². The van der Waals surface area contributed by atoms with E-state index in [1.54, 1.807) is 7.05 Å². The van der Waals surface area contributed by atoms with E-state index in [9.17, 15) is 9.59 Å². The summed E-state index contributed by atoms with van der Waals surface area (Å²) >= 11 is 0. The maximum Gasteiger partial charge on any atom is 0.326 e. The van der Waals surface area contributed by atoms with Gasteiger partial charge in [-0.15, -0.1) is 6.58 Å². The molecule has 2 amide bonds. The molecule has 0 fully saturated rings. The monoisotopic (exact) mass is 258 g/mol. The lowest BCUT2D eigenvalue weighted by Crippen LogP contribution is -2.46. The van der Waals surface area contributed by atoms with Crippen LogP contribution in [-0.4, -0.2) is 53.4 Å². The lowest BCUT2D eigenvalue weighted by molar-refractivity contribution is -0.139. The quantitative estimate of drug-likeness (QED) is 0.422. The highest BCUT2D eigenvalue weighted by Crippen LogP contribution is 1.99. The Balaban J connectivity index is 4.04. The van der Waals surface area contributed by atoms with Crippen molar-refractivity contribution in [2.75, 3.05) is 20.2 Å². The summed E-state index contributed by atoms with van der Waals surface area (Å²) in [5, 5.41) is 19.9. The molecule has 6 heteroatoms. The summed E-state index contributed by atoms with van der Waals surface area (Å²) in [4.78, 5) is 23.9. The van der Waals surface area contributed by atoms with E-state index in [4.69, 9.17) is 10.2 Å². The summed E-state index contributed by atoms with van der Waals surface area (Å²) in [6.45, 7) is 4.14. The summed E-state index contributed by atoms with van der Waals surface area (Å²) in [6, 6.07) is -1.34. The van der Waals surface area contributed by atoms with Crippen molar-refractivity contribution in [3.8, 4) is 0 Å². The van der Waals surface area contributed by atoms with Gasteiger partial charge in [-0.2, -0.15) is 0 Å². The van der Waals surface area contributed by atoms with Crippen LogP contribution in [-0.2, 0) is 4.79 Å². The van der Waals surface area contributed by atoms with Crippen LogP contribution in [0.1, 0.15) is 25.7 Å². The third-order valence-electron chi connectivity index (χ3n) is 2.50. The maximum atomic E-state index is 11.7. The van der Waals surface area contributed by atoms with Gasteiger partial charge in [0.05, 0.1) is 0 Å². The van der Waals surface area contributed by atoms with Crippen LogP contribution in [0.15, 0.2) is 12.7 Å². The molecule has 6 nitrogen and oxygen atoms in total. The number of urea groups is 1. The minimum Gasteiger partial charge on any atom is -0.480 e. The molecule has 0 saturated heterocycles. The second-order valence-electron chi connectivity index (χ2n) is 4.07. The van der Waals surface area contributed by atoms with E-state index < -0.39 is 18.0 Å². The fraction of sp³-hybridized carbons (Fsp3) is 0.667. The molecule has 18 heavy (non-hydrogen) atoms. The van der Waals surface area contributed by atoms with Crippen molar-refractivity contribution in [2.24, 2.45) is 0 Å². The molecule has 0 saturated carbocycles. The van der Waals surface area contributed by atoms with Crippen LogP contribution < -0.4 is 5.32 Å². The molecule has 104 valence electrons. The Morgan fingerprint density at radius 3 is 2.56 bits per heavy atom. The fourth-order valence-corrected chi connectivity index (χ4v) is 1.39. The first kappa shape index (κ1) is 16.4. The summed E-state index contributed by atoms with van der Waals surface area (Å²) in [7, 11) is 1.61. The average molecular weight is 258 g/mol. The molecule has 0 radical (unpaired) electrons. The van der Waals surface area contributed by atoms with Gasteiger partial charge in [0.25, 0.3) is 0 Å². The number of nitrogens with zero attached hydrogens (tertiary/aromatic N) is 1. The van der Waals surface area contributed by atoms with Gasteiger partial charge in [-0.05, 0) is 25.7 Å². The summed E-state index contributed by atoms with van der Waals surface area (Å²) in [6.07, 6.45) is 3.98. The molecule has 3 N–H and O–H groups in total. The van der Waals surface area contributed by atoms with Gasteiger partial charge in [0.2, 0.25) is 0 Å². The summed E-state index contributed by atoms with van der Waals surface area (Å²) < 4.78 is 0. The molecule has 1 atom stereocenters. The van der Waals surface area contributed by atoms with Crippen molar-refractivity contribution in [1.82, 2.24) is 10.2 Å². The second kappa shape index (κ2) is 9.47. The van der Waals surface area contributed by atoms with Gasteiger partial charge in [-0.1, -0.05) is 6.08 Å². The van der Waals surface area contributed by atoms with E-state index in [0.717, 1.165) is 12.8 Å². The zero-order valence-corrected chi connectivity index (χ0v) is 10.8. The maximum absolute atomic E-state index is 11.7. The predicted molar refractivity (Wildman–Crippen MR) is 68.3 cm³/mol. The predicted octanol–water partition coefficient (Wildman–Crippen LogP) is 0.820. The van der Waals surface area contributed by atoms with Crippen molar-refractivity contribution >= 4 is 12.0 Å². The Hall–Kier alpha value is -1.56. The van der Waals surface area contributed by atoms with Gasteiger partial charge in [0.1, 0.15) is 6.04 Å². The number of carboxylic acid groups (broad SMARTS) is 1. The number of carbonyl (C=O) groups is 2. The first-order valence-electron chi connectivity index (χ1n) is 5.99. The molecule has 1 unspecified atom stereocenters. The first-order chi connectivity index (χ1) is 8.52. The van der Waals surface area contributed by atoms with Crippen LogP contribution >= 0.6 is 0 Å². The molecule has 0 aliphatic rings. The van der Waals surface area contributed by atoms with Gasteiger partial charge in [-0.3, -0.25) is 0 Å². The zero-order chi connectivity index (χ0) is 14.0. The second-order valence-corrected chi connectivity index (χ2v) is 4.07. The highest BCUT2D eigenvalue weighted by atomic mass is 16.4. The fourth-order valence-electron chi connectivity index (χ4n) is 1.39. The Labute approximate surface area is 107 Å². The molecule has 0 aromatic rings. The van der Waals surface area contributed by atoms with Gasteiger partial charge in [0.15, 0.2) is 0 Å². The summed E-state index contributed by atoms with van der Waals surface area (Å²) in [5.74, 6) is -1.07. The highest BCUT2D eigenvalue weighted by molar-refractivity contribution is 5.82. The molecular weight excluding hydrogens is 236 g/mol. The highest BCUT2D eigenvalue weighted by Gasteiger charge is 2.19. The van der Waals surface area contributed by atoms with Crippen molar-refractivity contribution in [2.45, 2.75) is 31.7 Å². The standard InChI is InChI=1S/C12H22N2O4/c1-3-7-10(11(16)17)13-12(18)14(2)8-5-4-6-9-15/h3,10,15H,1,4-9H2,2H3,(H,13,18)(H,16,17). The third kappa shape index (κ3) is 6.90. The molecule has 0 spiro atoms. The van der Waals surface area contributed by atoms with Gasteiger partial charge in [0, 0.05) is 20.2 Å². The van der Waals surface area contributed by atoms with Gasteiger partial charge < -0.3 is 20.4 Å². The number of carbonyl (C=O) groups excluding carboxylic acids is 1. The molecule has 0 aliphatic heterocycles. The average Bonchev–Trinajstić information content (AvgIpc) is 2.33. The van der Waals surface area contributed by atoms with Crippen LogP contribution in [0.2, 0.25) is 0 Å². The topological polar surface area (TPSA) is 89.9 Å². The molecule has 0 rings (SSSR count). The van der Waals surface area contributed by atoms with E-state index >= 15 is 0 Å². The van der Waals surface area contributed by atoms with Crippen LogP contribution in [0.3, 0.4) is 0 Å². The Kier molecular flexibility index (Phi) is 8.65. The van der Waals surface area contributed by atoms with Crippen molar-refractivity contribution < 1.29 is 19.8 Å². The Morgan fingerprint density at radius 1 is 1.39 bits per heavy atom. The zero-order valence-electron chi connectivity index (χ0n) is 10.8. The third-order valence-corrected chi connectivity index (χ3v) is 2.50. The van der Waals surface area contributed by atoms with Crippen LogP contribution in [0, 0.1) is 0 Å². The number of amides is 2. The number of carboxylic acids is 1. The van der Waals surface area contributed by atoms with Gasteiger partial charge >= 0.3 is 12.0 Å². The number of rotatable bonds is 9. The summed E-state index contributed by atoms with van der Waals surface area (Å²) in [5.41, 5.74) is 0. The van der Waals surface area contributed by atoms with Gasteiger partial charge in [-0.25, -0.2) is 9.59 Å². The number of aliphatic hydroxyl groups is 1. The minimum absolute atomic E-state index is 0.149. The lowest BCUT2D eigenvalue weighted by atomic mass is 10.2. The minimum atomic E-state index is -1.07. The van der Waals surface area contributed by atoms with Crippen molar-refractivity contribution in [1.29, 1.82) is 0 Å². The molecule has 0 aromatic carbocycles. The molecular formula is C12H22N2O4. The van der Waals surface area contributed by atoms with Crippen LogP contribution in [0.5, 0.6) is 0 Å². The number of hydrogen-bond donors (Lipinski definition) is 3. The van der Waals surface area contributed by atoms with E-state index in [-0.39, 0.29) is 13.0 Å². The number of hydrogen-bond acceptors (Lipinski definition) is 3. The smallest absolute Gasteiger partial charge is 0.326 e. The number of unbranched alkanes of at least 4 members (excludes halogenated alkanes) is 2. The van der Waals surface area contributed by atoms with E-state index in [1.165, 1.54) is 11.0 Å². The SMILES string of the molecule is C=CCC(NC(=O)N(C)CCCCCO)C(=O)O. The molecule has 0 bridgehead atoms.